The Labute approximate surface area is 87.6 Å². The van der Waals surface area contributed by atoms with Gasteiger partial charge < -0.3 is 10.6 Å². The van der Waals surface area contributed by atoms with E-state index in [0.717, 1.165) is 0 Å². The molecule has 0 aliphatic heterocycles. The fourth-order valence-corrected chi connectivity index (χ4v) is 1.19. The largest absolute Gasteiger partial charge is 0.343 e. The van der Waals surface area contributed by atoms with Crippen molar-refractivity contribution in [1.82, 2.24) is 4.90 Å². The molecule has 1 unspecified atom stereocenters. The lowest BCUT2D eigenvalue weighted by Crippen LogP contribution is -2.44. The van der Waals surface area contributed by atoms with Crippen LogP contribution in [-0.2, 0) is 4.79 Å². The smallest absolute Gasteiger partial charge is 0.224 e. The maximum atomic E-state index is 11.8. The van der Waals surface area contributed by atoms with Crippen molar-refractivity contribution in [2.24, 2.45) is 11.7 Å². The number of hydrogen-bond donors (Lipinski definition) is 1. The van der Waals surface area contributed by atoms with Crippen LogP contribution in [0.1, 0.15) is 41.0 Å². The van der Waals surface area contributed by atoms with Crippen LogP contribution in [-0.4, -0.2) is 29.4 Å². The molecule has 0 saturated carbocycles. The first-order valence-electron chi connectivity index (χ1n) is 5.19. The first-order chi connectivity index (χ1) is 6.15. The van der Waals surface area contributed by atoms with Gasteiger partial charge in [-0.05, 0) is 26.7 Å². The van der Waals surface area contributed by atoms with E-state index in [9.17, 15) is 4.79 Å². The molecule has 0 aromatic carbocycles. The Balaban J connectivity index is 4.26. The number of rotatable bonds is 4. The average molecular weight is 200 g/mol. The van der Waals surface area contributed by atoms with Crippen LogP contribution >= 0.6 is 0 Å². The van der Waals surface area contributed by atoms with Crippen molar-refractivity contribution >= 4 is 5.91 Å². The second kappa shape index (κ2) is 4.78. The van der Waals surface area contributed by atoms with E-state index in [0.29, 0.717) is 12.3 Å². The summed E-state index contributed by atoms with van der Waals surface area (Å²) in [6, 6.07) is 0.268. The van der Waals surface area contributed by atoms with Gasteiger partial charge in [0.25, 0.3) is 0 Å². The van der Waals surface area contributed by atoms with E-state index in [1.165, 1.54) is 0 Å². The average Bonchev–Trinajstić information content (AvgIpc) is 1.98. The minimum Gasteiger partial charge on any atom is -0.343 e. The van der Waals surface area contributed by atoms with Crippen LogP contribution in [0.25, 0.3) is 0 Å². The number of hydrogen-bond acceptors (Lipinski definition) is 2. The Bertz CT molecular complexity index is 194. The molecule has 0 aliphatic carbocycles. The predicted molar refractivity (Wildman–Crippen MR) is 60.0 cm³/mol. The molecule has 0 spiro atoms. The van der Waals surface area contributed by atoms with Crippen LogP contribution in [0.3, 0.4) is 0 Å². The van der Waals surface area contributed by atoms with Crippen LogP contribution in [0.2, 0.25) is 0 Å². The molecule has 0 aliphatic rings. The maximum absolute atomic E-state index is 11.8. The van der Waals surface area contributed by atoms with Crippen LogP contribution < -0.4 is 5.73 Å². The topological polar surface area (TPSA) is 46.3 Å². The zero-order chi connectivity index (χ0) is 11.5. The predicted octanol–water partition coefficient (Wildman–Crippen LogP) is 1.62. The summed E-state index contributed by atoms with van der Waals surface area (Å²) in [5.41, 5.74) is 5.39. The number of nitrogens with zero attached hydrogens (tertiary/aromatic N) is 1. The Morgan fingerprint density at radius 2 is 1.79 bits per heavy atom. The molecule has 0 saturated heterocycles. The summed E-state index contributed by atoms with van der Waals surface area (Å²) < 4.78 is 0. The Morgan fingerprint density at radius 1 is 1.36 bits per heavy atom. The van der Waals surface area contributed by atoms with Crippen LogP contribution in [0, 0.1) is 5.92 Å². The quantitative estimate of drug-likeness (QED) is 0.749. The summed E-state index contributed by atoms with van der Waals surface area (Å²) >= 11 is 0. The molecule has 2 N–H and O–H groups in total. The lowest BCUT2D eigenvalue weighted by atomic mass is 9.99. The summed E-state index contributed by atoms with van der Waals surface area (Å²) in [4.78, 5) is 13.5. The fourth-order valence-electron chi connectivity index (χ4n) is 1.19. The Kier molecular flexibility index (Phi) is 4.59. The highest BCUT2D eigenvalue weighted by atomic mass is 16.2. The van der Waals surface area contributed by atoms with Crippen molar-refractivity contribution in [3.63, 3.8) is 0 Å². The number of carbonyl (C=O) groups excluding carboxylic acids is 1. The maximum Gasteiger partial charge on any atom is 0.224 e. The summed E-state index contributed by atoms with van der Waals surface area (Å²) in [6.07, 6.45) is 0.403. The van der Waals surface area contributed by atoms with E-state index in [1.807, 2.05) is 20.9 Å². The Hall–Kier alpha value is -0.570. The third-order valence-corrected chi connectivity index (χ3v) is 2.58. The summed E-state index contributed by atoms with van der Waals surface area (Å²) in [7, 11) is 1.85. The second-order valence-electron chi connectivity index (χ2n) is 5.15. The minimum atomic E-state index is -0.415. The van der Waals surface area contributed by atoms with E-state index >= 15 is 0 Å². The van der Waals surface area contributed by atoms with Gasteiger partial charge in [0.1, 0.15) is 0 Å². The normalized spacial score (nSPS) is 14.3. The van der Waals surface area contributed by atoms with Gasteiger partial charge in [-0.1, -0.05) is 13.8 Å². The molecule has 0 rings (SSSR count). The molecule has 1 amide bonds. The highest BCUT2D eigenvalue weighted by Crippen LogP contribution is 2.12. The van der Waals surface area contributed by atoms with Crippen molar-refractivity contribution in [2.75, 3.05) is 7.05 Å². The van der Waals surface area contributed by atoms with Gasteiger partial charge in [-0.3, -0.25) is 4.79 Å². The van der Waals surface area contributed by atoms with Gasteiger partial charge in [0.15, 0.2) is 0 Å². The SMILES string of the molecule is CC(C)C(C)N(C)C(=O)CC(C)(C)N. The molecule has 0 bridgehead atoms. The number of amides is 1. The van der Waals surface area contributed by atoms with Crippen LogP contribution in [0.4, 0.5) is 0 Å². The molecule has 0 heterocycles. The first-order valence-corrected chi connectivity index (χ1v) is 5.19. The highest BCUT2D eigenvalue weighted by Gasteiger charge is 2.23. The zero-order valence-corrected chi connectivity index (χ0v) is 10.3. The summed E-state index contributed by atoms with van der Waals surface area (Å²) in [5.74, 6) is 0.600. The molecule has 0 fully saturated rings. The lowest BCUT2D eigenvalue weighted by Gasteiger charge is -2.30. The van der Waals surface area contributed by atoms with Crippen LogP contribution in [0.15, 0.2) is 0 Å². The minimum absolute atomic E-state index is 0.124. The zero-order valence-electron chi connectivity index (χ0n) is 10.3. The van der Waals surface area contributed by atoms with E-state index in [2.05, 4.69) is 20.8 Å². The highest BCUT2D eigenvalue weighted by molar-refractivity contribution is 5.77. The van der Waals surface area contributed by atoms with Gasteiger partial charge in [-0.15, -0.1) is 0 Å². The second-order valence-corrected chi connectivity index (χ2v) is 5.15. The van der Waals surface area contributed by atoms with Gasteiger partial charge >= 0.3 is 0 Å². The molecule has 0 radical (unpaired) electrons. The van der Waals surface area contributed by atoms with Crippen molar-refractivity contribution in [2.45, 2.75) is 52.6 Å². The van der Waals surface area contributed by atoms with E-state index in [4.69, 9.17) is 5.73 Å². The van der Waals surface area contributed by atoms with Gasteiger partial charge in [0.2, 0.25) is 5.91 Å². The van der Waals surface area contributed by atoms with Gasteiger partial charge in [-0.2, -0.15) is 0 Å². The van der Waals surface area contributed by atoms with Gasteiger partial charge in [0.05, 0.1) is 0 Å². The van der Waals surface area contributed by atoms with E-state index < -0.39 is 5.54 Å². The monoisotopic (exact) mass is 200 g/mol. The Morgan fingerprint density at radius 3 is 2.07 bits per heavy atom. The summed E-state index contributed by atoms with van der Waals surface area (Å²) in [5, 5.41) is 0. The summed E-state index contributed by atoms with van der Waals surface area (Å²) in [6.45, 7) is 10.0. The number of nitrogens with two attached hydrogens (primary N) is 1. The lowest BCUT2D eigenvalue weighted by molar-refractivity contribution is -0.133. The van der Waals surface area contributed by atoms with Crippen molar-refractivity contribution < 1.29 is 4.79 Å². The molecule has 84 valence electrons. The van der Waals surface area contributed by atoms with Gasteiger partial charge in [0, 0.05) is 25.0 Å². The molecular weight excluding hydrogens is 176 g/mol. The van der Waals surface area contributed by atoms with Crippen molar-refractivity contribution in [3.8, 4) is 0 Å². The van der Waals surface area contributed by atoms with E-state index in [-0.39, 0.29) is 11.9 Å². The molecule has 0 aromatic heterocycles. The number of carbonyl (C=O) groups is 1. The van der Waals surface area contributed by atoms with Crippen molar-refractivity contribution in [1.29, 1.82) is 0 Å². The first kappa shape index (κ1) is 13.4. The molecule has 3 heteroatoms. The van der Waals surface area contributed by atoms with Crippen molar-refractivity contribution in [3.05, 3.63) is 0 Å². The van der Waals surface area contributed by atoms with Gasteiger partial charge in [-0.25, -0.2) is 0 Å². The van der Waals surface area contributed by atoms with E-state index in [1.54, 1.807) is 4.90 Å². The third-order valence-electron chi connectivity index (χ3n) is 2.58. The standard InChI is InChI=1S/C11H24N2O/c1-8(2)9(3)13(6)10(14)7-11(4,5)12/h8-9H,7,12H2,1-6H3. The molecular formula is C11H24N2O. The molecule has 3 nitrogen and oxygen atoms in total. The van der Waals surface area contributed by atoms with Crippen LogP contribution in [0.5, 0.6) is 0 Å². The molecule has 14 heavy (non-hydrogen) atoms. The molecule has 0 aromatic rings. The fraction of sp³-hybridized carbons (Fsp3) is 0.909. The third kappa shape index (κ3) is 4.61. The molecule has 1 atom stereocenters.